The first-order valence-corrected chi connectivity index (χ1v) is 10.6. The number of carboxylic acid groups (broad SMARTS) is 1. The minimum Gasteiger partial charge on any atom is -0.478 e. The Labute approximate surface area is 179 Å². The van der Waals surface area contributed by atoms with E-state index in [0.717, 1.165) is 29.8 Å². The largest absolute Gasteiger partial charge is 0.478 e. The molecule has 4 nitrogen and oxygen atoms in total. The van der Waals surface area contributed by atoms with Crippen molar-refractivity contribution in [3.63, 3.8) is 0 Å². The van der Waals surface area contributed by atoms with Crippen molar-refractivity contribution in [1.29, 1.82) is 0 Å². The van der Waals surface area contributed by atoms with Crippen LogP contribution in [0.1, 0.15) is 57.3 Å². The van der Waals surface area contributed by atoms with Crippen LogP contribution < -0.4 is 5.32 Å². The van der Waals surface area contributed by atoms with Gasteiger partial charge in [-0.1, -0.05) is 54.6 Å². The average molecular weight is 405 g/mol. The fourth-order valence-electron chi connectivity index (χ4n) is 4.05. The highest BCUT2D eigenvalue weighted by molar-refractivity contribution is 5.91. The molecule has 0 aliphatic heterocycles. The number of aryl methyl sites for hydroxylation is 2. The Morgan fingerprint density at radius 2 is 1.67 bits per heavy atom. The molecule has 0 saturated carbocycles. The first-order valence-electron chi connectivity index (χ1n) is 10.6. The Kier molecular flexibility index (Phi) is 7.11. The van der Waals surface area contributed by atoms with Gasteiger partial charge in [0.15, 0.2) is 0 Å². The Morgan fingerprint density at radius 3 is 2.33 bits per heavy atom. The van der Waals surface area contributed by atoms with Crippen molar-refractivity contribution in [2.45, 2.75) is 59.7 Å². The molecule has 0 amide bonds. The summed E-state index contributed by atoms with van der Waals surface area (Å²) < 4.78 is 2.14. The van der Waals surface area contributed by atoms with Gasteiger partial charge in [0.1, 0.15) is 0 Å². The fourth-order valence-corrected chi connectivity index (χ4v) is 4.05. The maximum atomic E-state index is 12.0. The van der Waals surface area contributed by atoms with Crippen molar-refractivity contribution in [2.24, 2.45) is 0 Å². The standard InChI is InChI=1S/C26H32N2O2/c1-18-10-8-9-13-23(18)17-28-20(3)24(25(21(28)4)26(29)30)16-27-19(2)14-15-22-11-6-5-7-12-22/h5-13,19,27H,14-17H2,1-4H3,(H,29,30). The Bertz CT molecular complexity index is 1010. The topological polar surface area (TPSA) is 54.3 Å². The molecule has 0 spiro atoms. The van der Waals surface area contributed by atoms with Crippen LogP contribution in [0.25, 0.3) is 0 Å². The number of aromatic carboxylic acids is 1. The lowest BCUT2D eigenvalue weighted by atomic mass is 10.1. The molecular formula is C26H32N2O2. The molecule has 1 aromatic heterocycles. The van der Waals surface area contributed by atoms with E-state index >= 15 is 0 Å². The molecule has 0 aliphatic carbocycles. The number of aromatic nitrogens is 1. The van der Waals surface area contributed by atoms with Crippen LogP contribution in [0.5, 0.6) is 0 Å². The molecule has 3 aromatic rings. The van der Waals surface area contributed by atoms with Crippen molar-refractivity contribution in [2.75, 3.05) is 0 Å². The van der Waals surface area contributed by atoms with Gasteiger partial charge in [-0.05, 0) is 57.2 Å². The fraction of sp³-hybridized carbons (Fsp3) is 0.346. The third-order valence-electron chi connectivity index (χ3n) is 6.05. The highest BCUT2D eigenvalue weighted by atomic mass is 16.4. The second-order valence-corrected chi connectivity index (χ2v) is 8.15. The first-order chi connectivity index (χ1) is 14.4. The van der Waals surface area contributed by atoms with Crippen LogP contribution in [-0.2, 0) is 19.5 Å². The molecule has 158 valence electrons. The molecule has 2 aromatic carbocycles. The molecule has 4 heteroatoms. The highest BCUT2D eigenvalue weighted by Crippen LogP contribution is 2.25. The molecule has 1 unspecified atom stereocenters. The minimum atomic E-state index is -0.854. The van der Waals surface area contributed by atoms with Gasteiger partial charge in [0.25, 0.3) is 0 Å². The summed E-state index contributed by atoms with van der Waals surface area (Å²) in [6, 6.07) is 19.0. The zero-order chi connectivity index (χ0) is 21.7. The van der Waals surface area contributed by atoms with Gasteiger partial charge in [-0.2, -0.15) is 0 Å². The summed E-state index contributed by atoms with van der Waals surface area (Å²) in [6.45, 7) is 9.45. The van der Waals surface area contributed by atoms with E-state index < -0.39 is 5.97 Å². The molecule has 0 fully saturated rings. The Morgan fingerprint density at radius 1 is 1.00 bits per heavy atom. The summed E-state index contributed by atoms with van der Waals surface area (Å²) in [6.07, 6.45) is 2.02. The summed E-state index contributed by atoms with van der Waals surface area (Å²) in [7, 11) is 0. The van der Waals surface area contributed by atoms with E-state index in [9.17, 15) is 9.90 Å². The zero-order valence-electron chi connectivity index (χ0n) is 18.4. The number of nitrogens with one attached hydrogen (secondary N) is 1. The van der Waals surface area contributed by atoms with Gasteiger partial charge in [0.05, 0.1) is 5.56 Å². The second kappa shape index (κ2) is 9.77. The molecule has 0 saturated heterocycles. The number of benzene rings is 2. The Balaban J connectivity index is 1.75. The van der Waals surface area contributed by atoms with Gasteiger partial charge in [-0.3, -0.25) is 0 Å². The summed E-state index contributed by atoms with van der Waals surface area (Å²) >= 11 is 0. The van der Waals surface area contributed by atoms with E-state index in [0.29, 0.717) is 24.7 Å². The van der Waals surface area contributed by atoms with E-state index in [1.54, 1.807) is 0 Å². The quantitative estimate of drug-likeness (QED) is 0.511. The van der Waals surface area contributed by atoms with Gasteiger partial charge in [0, 0.05) is 36.1 Å². The molecule has 30 heavy (non-hydrogen) atoms. The summed E-state index contributed by atoms with van der Waals surface area (Å²) in [5.74, 6) is -0.854. The maximum absolute atomic E-state index is 12.0. The third kappa shape index (κ3) is 5.00. The van der Waals surface area contributed by atoms with E-state index in [2.05, 4.69) is 60.1 Å². The van der Waals surface area contributed by atoms with Crippen molar-refractivity contribution >= 4 is 5.97 Å². The third-order valence-corrected chi connectivity index (χ3v) is 6.05. The Hall–Kier alpha value is -2.85. The maximum Gasteiger partial charge on any atom is 0.337 e. The van der Waals surface area contributed by atoms with Crippen LogP contribution in [0, 0.1) is 20.8 Å². The first kappa shape index (κ1) is 21.8. The lowest BCUT2D eigenvalue weighted by molar-refractivity contribution is 0.0694. The van der Waals surface area contributed by atoms with Crippen LogP contribution >= 0.6 is 0 Å². The number of nitrogens with zero attached hydrogens (tertiary/aromatic N) is 1. The minimum absolute atomic E-state index is 0.297. The summed E-state index contributed by atoms with van der Waals surface area (Å²) in [5, 5.41) is 13.4. The monoisotopic (exact) mass is 404 g/mol. The molecule has 1 atom stereocenters. The molecule has 1 heterocycles. The van der Waals surface area contributed by atoms with E-state index in [1.165, 1.54) is 16.7 Å². The van der Waals surface area contributed by atoms with Crippen LogP contribution in [0.3, 0.4) is 0 Å². The van der Waals surface area contributed by atoms with Crippen molar-refractivity contribution in [1.82, 2.24) is 9.88 Å². The van der Waals surface area contributed by atoms with E-state index in [-0.39, 0.29) is 0 Å². The summed E-state index contributed by atoms with van der Waals surface area (Å²) in [4.78, 5) is 12.0. The number of hydrogen-bond acceptors (Lipinski definition) is 2. The lowest BCUT2D eigenvalue weighted by Gasteiger charge is -2.15. The SMILES string of the molecule is Cc1ccccc1Cn1c(C)c(CNC(C)CCc2ccccc2)c(C(=O)O)c1C. The normalized spacial score (nSPS) is 12.1. The number of carbonyl (C=O) groups is 1. The number of hydrogen-bond donors (Lipinski definition) is 2. The van der Waals surface area contributed by atoms with Crippen LogP contribution in [-0.4, -0.2) is 21.7 Å². The number of rotatable bonds is 9. The van der Waals surface area contributed by atoms with Crippen molar-refractivity contribution in [3.05, 3.63) is 93.8 Å². The second-order valence-electron chi connectivity index (χ2n) is 8.15. The molecule has 0 bridgehead atoms. The number of carboxylic acids is 1. The van der Waals surface area contributed by atoms with Gasteiger partial charge in [0.2, 0.25) is 0 Å². The molecule has 3 rings (SSSR count). The van der Waals surface area contributed by atoms with Crippen LogP contribution in [0.15, 0.2) is 54.6 Å². The van der Waals surface area contributed by atoms with Gasteiger partial charge >= 0.3 is 5.97 Å². The predicted octanol–water partition coefficient (Wildman–Crippen LogP) is 5.27. The van der Waals surface area contributed by atoms with Gasteiger partial charge < -0.3 is 15.0 Å². The van der Waals surface area contributed by atoms with Crippen molar-refractivity contribution < 1.29 is 9.90 Å². The predicted molar refractivity (Wildman–Crippen MR) is 122 cm³/mol. The average Bonchev–Trinajstić information content (AvgIpc) is 2.97. The smallest absolute Gasteiger partial charge is 0.337 e. The summed E-state index contributed by atoms with van der Waals surface area (Å²) in [5.41, 5.74) is 6.92. The van der Waals surface area contributed by atoms with E-state index in [4.69, 9.17) is 0 Å². The highest BCUT2D eigenvalue weighted by Gasteiger charge is 2.23. The van der Waals surface area contributed by atoms with Gasteiger partial charge in [-0.15, -0.1) is 0 Å². The van der Waals surface area contributed by atoms with Crippen LogP contribution in [0.4, 0.5) is 0 Å². The van der Waals surface area contributed by atoms with E-state index in [1.807, 2.05) is 32.0 Å². The molecule has 0 radical (unpaired) electrons. The molecule has 2 N–H and O–H groups in total. The lowest BCUT2D eigenvalue weighted by Crippen LogP contribution is -2.27. The molecule has 0 aliphatic rings. The van der Waals surface area contributed by atoms with Crippen molar-refractivity contribution in [3.8, 4) is 0 Å². The molecular weight excluding hydrogens is 372 g/mol. The zero-order valence-corrected chi connectivity index (χ0v) is 18.4. The van der Waals surface area contributed by atoms with Gasteiger partial charge in [-0.25, -0.2) is 4.79 Å². The van der Waals surface area contributed by atoms with Crippen LogP contribution in [0.2, 0.25) is 0 Å².